The van der Waals surface area contributed by atoms with Gasteiger partial charge in [-0.25, -0.2) is 0 Å². The van der Waals surface area contributed by atoms with Crippen molar-refractivity contribution in [1.29, 1.82) is 0 Å². The van der Waals surface area contributed by atoms with E-state index in [4.69, 9.17) is 4.74 Å². The van der Waals surface area contributed by atoms with Crippen molar-refractivity contribution in [3.8, 4) is 5.75 Å². The number of hydroxylamine groups is 1. The first kappa shape index (κ1) is 18.7. The van der Waals surface area contributed by atoms with Gasteiger partial charge in [0.2, 0.25) is 5.91 Å². The Morgan fingerprint density at radius 3 is 2.62 bits per heavy atom. The summed E-state index contributed by atoms with van der Waals surface area (Å²) < 4.78 is 6.73. The van der Waals surface area contributed by atoms with Gasteiger partial charge in [-0.2, -0.15) is 5.06 Å². The van der Waals surface area contributed by atoms with Crippen molar-refractivity contribution in [2.24, 2.45) is 0 Å². The summed E-state index contributed by atoms with van der Waals surface area (Å²) >= 11 is 2.11. The van der Waals surface area contributed by atoms with Crippen LogP contribution in [0.5, 0.6) is 5.75 Å². The number of hydrogen-bond acceptors (Lipinski definition) is 3. The number of amides is 1. The minimum absolute atomic E-state index is 0.235. The van der Waals surface area contributed by atoms with Gasteiger partial charge in [-0.1, -0.05) is 38.1 Å². The van der Waals surface area contributed by atoms with E-state index >= 15 is 0 Å². The molecule has 0 aliphatic rings. The van der Waals surface area contributed by atoms with Crippen LogP contribution in [0.25, 0.3) is 0 Å². The number of nitrogens with zero attached hydrogens (tertiary/aromatic N) is 1. The van der Waals surface area contributed by atoms with Crippen LogP contribution in [-0.4, -0.2) is 11.1 Å². The molecule has 0 aromatic heterocycles. The molecule has 24 heavy (non-hydrogen) atoms. The van der Waals surface area contributed by atoms with Crippen molar-refractivity contribution in [1.82, 2.24) is 0 Å². The monoisotopic (exact) mass is 439 g/mol. The molecule has 1 amide bonds. The lowest BCUT2D eigenvalue weighted by Gasteiger charge is -2.20. The van der Waals surface area contributed by atoms with Gasteiger partial charge in [-0.15, -0.1) is 0 Å². The zero-order chi connectivity index (χ0) is 17.7. The van der Waals surface area contributed by atoms with Gasteiger partial charge >= 0.3 is 0 Å². The average Bonchev–Trinajstić information content (AvgIpc) is 2.59. The highest BCUT2D eigenvalue weighted by Crippen LogP contribution is 2.29. The van der Waals surface area contributed by atoms with Crippen molar-refractivity contribution < 1.29 is 14.7 Å². The summed E-state index contributed by atoms with van der Waals surface area (Å²) in [6, 6.07) is 11.7. The van der Waals surface area contributed by atoms with Crippen molar-refractivity contribution >= 4 is 34.2 Å². The Kier molecular flexibility index (Phi) is 6.62. The molecule has 128 valence electrons. The number of halogens is 1. The summed E-state index contributed by atoms with van der Waals surface area (Å²) in [7, 11) is 0. The second kappa shape index (κ2) is 8.48. The van der Waals surface area contributed by atoms with Gasteiger partial charge in [0.25, 0.3) is 0 Å². The fourth-order valence-corrected chi connectivity index (χ4v) is 3.22. The van der Waals surface area contributed by atoms with Crippen LogP contribution in [0, 0.1) is 10.5 Å². The maximum atomic E-state index is 11.8. The molecule has 0 saturated heterocycles. The molecule has 0 aliphatic carbocycles. The first-order valence-electron chi connectivity index (χ1n) is 7.99. The van der Waals surface area contributed by atoms with Crippen LogP contribution in [0.15, 0.2) is 36.4 Å². The van der Waals surface area contributed by atoms with Crippen molar-refractivity contribution in [2.45, 2.75) is 40.2 Å². The molecule has 0 aliphatic heterocycles. The van der Waals surface area contributed by atoms with Gasteiger partial charge in [0.15, 0.2) is 0 Å². The van der Waals surface area contributed by atoms with Crippen LogP contribution in [0.2, 0.25) is 0 Å². The molecule has 0 spiro atoms. The van der Waals surface area contributed by atoms with E-state index in [-0.39, 0.29) is 18.9 Å². The molecule has 0 bridgehead atoms. The van der Waals surface area contributed by atoms with Crippen LogP contribution in [0.4, 0.5) is 5.69 Å². The minimum atomic E-state index is -0.344. The molecule has 2 aromatic rings. The largest absolute Gasteiger partial charge is 0.489 e. The van der Waals surface area contributed by atoms with Crippen LogP contribution >= 0.6 is 22.6 Å². The van der Waals surface area contributed by atoms with Gasteiger partial charge < -0.3 is 4.74 Å². The Morgan fingerprint density at radius 1 is 1.25 bits per heavy atom. The van der Waals surface area contributed by atoms with Crippen LogP contribution < -0.4 is 9.80 Å². The summed E-state index contributed by atoms with van der Waals surface area (Å²) in [5.74, 6) is 0.465. The second-order valence-corrected chi connectivity index (χ2v) is 6.71. The average molecular weight is 439 g/mol. The molecular formula is C19H22INO3. The molecule has 2 aromatic carbocycles. The van der Waals surface area contributed by atoms with E-state index in [9.17, 15) is 10.0 Å². The number of para-hydroxylation sites is 1. The lowest BCUT2D eigenvalue weighted by molar-refractivity contribution is -0.123. The molecule has 0 unspecified atom stereocenters. The highest BCUT2D eigenvalue weighted by Gasteiger charge is 2.18. The van der Waals surface area contributed by atoms with Gasteiger partial charge in [-0.05, 0) is 59.2 Å². The van der Waals surface area contributed by atoms with Crippen molar-refractivity contribution in [2.75, 3.05) is 5.06 Å². The molecule has 0 heterocycles. The van der Waals surface area contributed by atoms with Crippen LogP contribution in [-0.2, 0) is 17.8 Å². The first-order chi connectivity index (χ1) is 11.5. The minimum Gasteiger partial charge on any atom is -0.489 e. The number of carbonyl (C=O) groups excluding carboxylic acids is 1. The quantitative estimate of drug-likeness (QED) is 0.397. The third-order valence-corrected chi connectivity index (χ3v) is 4.72. The molecule has 2 rings (SSSR count). The highest BCUT2D eigenvalue weighted by atomic mass is 127. The zero-order valence-electron chi connectivity index (χ0n) is 14.2. The third kappa shape index (κ3) is 4.27. The molecule has 0 fully saturated rings. The summed E-state index contributed by atoms with van der Waals surface area (Å²) in [5.41, 5.74) is 3.61. The molecule has 1 N–H and O–H groups in total. The summed E-state index contributed by atoms with van der Waals surface area (Å²) in [5, 5.41) is 10.9. The zero-order valence-corrected chi connectivity index (χ0v) is 16.3. The third-order valence-electron chi connectivity index (χ3n) is 3.85. The molecule has 0 radical (unpaired) electrons. The van der Waals surface area contributed by atoms with E-state index in [0.29, 0.717) is 5.69 Å². The number of anilines is 1. The smallest absolute Gasteiger partial charge is 0.250 e. The van der Waals surface area contributed by atoms with E-state index in [1.165, 1.54) is 5.56 Å². The van der Waals surface area contributed by atoms with E-state index in [2.05, 4.69) is 41.6 Å². The predicted molar refractivity (Wildman–Crippen MR) is 104 cm³/mol. The Hall–Kier alpha value is -1.60. The lowest BCUT2D eigenvalue weighted by Crippen LogP contribution is -2.28. The number of aryl methyl sites for hydroxylation is 2. The van der Waals surface area contributed by atoms with E-state index < -0.39 is 0 Å². The number of rotatable bonds is 6. The second-order valence-electron chi connectivity index (χ2n) is 5.55. The van der Waals surface area contributed by atoms with Crippen molar-refractivity contribution in [3.63, 3.8) is 0 Å². The normalized spacial score (nSPS) is 10.5. The number of benzene rings is 2. The number of carbonyl (C=O) groups is 1. The number of ether oxygens (including phenoxy) is 1. The van der Waals surface area contributed by atoms with Gasteiger partial charge in [-0.3, -0.25) is 10.0 Å². The van der Waals surface area contributed by atoms with Crippen molar-refractivity contribution in [3.05, 3.63) is 56.7 Å². The van der Waals surface area contributed by atoms with Gasteiger partial charge in [0.1, 0.15) is 12.4 Å². The standard InChI is InChI=1S/C19H22INO3/c1-4-14-9-10-17(13(3)11-14)24-12-15-7-6-8-16(20)19(15)21(23)18(22)5-2/h6-11,23H,4-5,12H2,1-3H3. The van der Waals surface area contributed by atoms with E-state index in [0.717, 1.165) is 31.9 Å². The summed E-state index contributed by atoms with van der Waals surface area (Å²) in [6.45, 7) is 6.14. The topological polar surface area (TPSA) is 49.8 Å². The maximum Gasteiger partial charge on any atom is 0.250 e. The lowest BCUT2D eigenvalue weighted by atomic mass is 10.1. The maximum absolute atomic E-state index is 11.8. The molecule has 0 saturated carbocycles. The molecule has 4 nitrogen and oxygen atoms in total. The molecule has 0 atom stereocenters. The number of hydrogen-bond donors (Lipinski definition) is 1. The Morgan fingerprint density at radius 2 is 2.00 bits per heavy atom. The van der Waals surface area contributed by atoms with Gasteiger partial charge in [0.05, 0.1) is 5.69 Å². The van der Waals surface area contributed by atoms with E-state index in [1.807, 2.05) is 31.2 Å². The van der Waals surface area contributed by atoms with Crippen LogP contribution in [0.1, 0.15) is 37.0 Å². The predicted octanol–water partition coefficient (Wildman–Crippen LogP) is 4.87. The summed E-state index contributed by atoms with van der Waals surface area (Å²) in [6.07, 6.45) is 1.22. The Bertz CT molecular complexity index is 731. The van der Waals surface area contributed by atoms with Gasteiger partial charge in [0, 0.05) is 15.6 Å². The highest BCUT2D eigenvalue weighted by molar-refractivity contribution is 14.1. The molecule has 5 heteroatoms. The fourth-order valence-electron chi connectivity index (χ4n) is 2.44. The fraction of sp³-hybridized carbons (Fsp3) is 0.316. The summed E-state index contributed by atoms with van der Waals surface area (Å²) in [4.78, 5) is 11.8. The molecular weight excluding hydrogens is 417 g/mol. The first-order valence-corrected chi connectivity index (χ1v) is 9.07. The van der Waals surface area contributed by atoms with E-state index in [1.54, 1.807) is 6.92 Å². The van der Waals surface area contributed by atoms with Crippen LogP contribution in [0.3, 0.4) is 0 Å². The Balaban J connectivity index is 2.24. The Labute approximate surface area is 156 Å². The SMILES string of the molecule is CCC(=O)N(O)c1c(I)cccc1COc1ccc(CC)cc1C.